The highest BCUT2D eigenvalue weighted by atomic mass is 19.1. The zero-order chi connectivity index (χ0) is 9.84. The van der Waals surface area contributed by atoms with Gasteiger partial charge in [-0.05, 0) is 24.1 Å². The molecule has 0 saturated heterocycles. The minimum atomic E-state index is -0.408. The van der Waals surface area contributed by atoms with Gasteiger partial charge >= 0.3 is 0 Å². The van der Waals surface area contributed by atoms with Gasteiger partial charge in [0.1, 0.15) is 5.82 Å². The summed E-state index contributed by atoms with van der Waals surface area (Å²) in [6.07, 6.45) is 2.38. The van der Waals surface area contributed by atoms with Gasteiger partial charge in [0.05, 0.1) is 5.69 Å². The minimum Gasteiger partial charge on any atom is -0.396 e. The van der Waals surface area contributed by atoms with E-state index in [4.69, 9.17) is 11.5 Å². The molecule has 1 aromatic carbocycles. The number of hydrogen-bond acceptors (Lipinski definition) is 2. The van der Waals surface area contributed by atoms with Crippen LogP contribution in [0.3, 0.4) is 0 Å². The molecule has 1 atom stereocenters. The van der Waals surface area contributed by atoms with Crippen molar-refractivity contribution in [3.05, 3.63) is 42.2 Å². The van der Waals surface area contributed by atoms with E-state index in [9.17, 15) is 4.39 Å². The molecule has 0 heterocycles. The van der Waals surface area contributed by atoms with Crippen molar-refractivity contribution in [2.24, 2.45) is 5.73 Å². The second-order valence-electron chi connectivity index (χ2n) is 2.91. The van der Waals surface area contributed by atoms with Crippen LogP contribution in [-0.2, 0) is 0 Å². The first-order valence-corrected chi connectivity index (χ1v) is 4.06. The second kappa shape index (κ2) is 4.05. The van der Waals surface area contributed by atoms with E-state index in [1.165, 1.54) is 6.07 Å². The predicted octanol–water partition coefficient (Wildman–Crippen LogP) is 1.98. The van der Waals surface area contributed by atoms with Crippen LogP contribution in [0.5, 0.6) is 0 Å². The smallest absolute Gasteiger partial charge is 0.146 e. The molecule has 0 fully saturated rings. The van der Waals surface area contributed by atoms with Crippen molar-refractivity contribution >= 4 is 5.69 Å². The van der Waals surface area contributed by atoms with Crippen LogP contribution in [0.4, 0.5) is 10.1 Å². The van der Waals surface area contributed by atoms with E-state index < -0.39 is 5.82 Å². The normalized spacial score (nSPS) is 12.5. The topological polar surface area (TPSA) is 52.0 Å². The number of nitrogen functional groups attached to an aromatic ring is 1. The molecule has 0 bridgehead atoms. The Bertz CT molecular complexity index is 310. The molecule has 3 heteroatoms. The average Bonchev–Trinajstić information content (AvgIpc) is 2.10. The van der Waals surface area contributed by atoms with Crippen LogP contribution in [0.15, 0.2) is 30.9 Å². The monoisotopic (exact) mass is 180 g/mol. The number of hydrogen-bond donors (Lipinski definition) is 2. The molecule has 0 saturated carbocycles. The first-order chi connectivity index (χ1) is 6.15. The fourth-order valence-corrected chi connectivity index (χ4v) is 1.11. The van der Waals surface area contributed by atoms with E-state index in [1.54, 1.807) is 18.2 Å². The maximum absolute atomic E-state index is 12.8. The minimum absolute atomic E-state index is 0.136. The van der Waals surface area contributed by atoms with E-state index in [0.717, 1.165) is 5.56 Å². The third-order valence-corrected chi connectivity index (χ3v) is 1.87. The lowest BCUT2D eigenvalue weighted by Crippen LogP contribution is -2.09. The summed E-state index contributed by atoms with van der Waals surface area (Å²) in [7, 11) is 0. The summed E-state index contributed by atoms with van der Waals surface area (Å²) in [5, 5.41) is 0. The number of halogens is 1. The van der Waals surface area contributed by atoms with Crippen molar-refractivity contribution in [1.82, 2.24) is 0 Å². The molecule has 0 aliphatic rings. The van der Waals surface area contributed by atoms with Gasteiger partial charge in [0, 0.05) is 6.04 Å². The van der Waals surface area contributed by atoms with Crippen molar-refractivity contribution in [2.75, 3.05) is 5.73 Å². The molecule has 0 unspecified atom stereocenters. The molecule has 2 nitrogen and oxygen atoms in total. The zero-order valence-corrected chi connectivity index (χ0v) is 7.33. The van der Waals surface area contributed by atoms with Gasteiger partial charge in [-0.25, -0.2) is 4.39 Å². The molecule has 70 valence electrons. The lowest BCUT2D eigenvalue weighted by atomic mass is 10.0. The SMILES string of the molecule is C=CC[C@H](N)c1ccc(F)c(N)c1. The molecule has 13 heavy (non-hydrogen) atoms. The average molecular weight is 180 g/mol. The summed E-state index contributed by atoms with van der Waals surface area (Å²) in [4.78, 5) is 0. The van der Waals surface area contributed by atoms with Crippen molar-refractivity contribution in [3.8, 4) is 0 Å². The highest BCUT2D eigenvalue weighted by molar-refractivity contribution is 5.43. The van der Waals surface area contributed by atoms with Crippen molar-refractivity contribution in [3.63, 3.8) is 0 Å². The van der Waals surface area contributed by atoms with E-state index in [-0.39, 0.29) is 11.7 Å². The molecule has 1 rings (SSSR count). The third-order valence-electron chi connectivity index (χ3n) is 1.87. The van der Waals surface area contributed by atoms with Gasteiger partial charge in [0.15, 0.2) is 0 Å². The number of rotatable bonds is 3. The second-order valence-corrected chi connectivity index (χ2v) is 2.91. The molecule has 0 amide bonds. The van der Waals surface area contributed by atoms with Crippen LogP contribution in [0.2, 0.25) is 0 Å². The predicted molar refractivity (Wildman–Crippen MR) is 52.6 cm³/mol. The Balaban J connectivity index is 2.89. The molecule has 0 aliphatic carbocycles. The van der Waals surface area contributed by atoms with Gasteiger partial charge in [-0.15, -0.1) is 6.58 Å². The molecule has 0 spiro atoms. The Labute approximate surface area is 77.0 Å². The summed E-state index contributed by atoms with van der Waals surface area (Å²) >= 11 is 0. The van der Waals surface area contributed by atoms with Crippen LogP contribution in [0, 0.1) is 5.82 Å². The van der Waals surface area contributed by atoms with Crippen LogP contribution in [-0.4, -0.2) is 0 Å². The maximum atomic E-state index is 12.8. The Morgan fingerprint density at radius 3 is 2.77 bits per heavy atom. The zero-order valence-electron chi connectivity index (χ0n) is 7.33. The van der Waals surface area contributed by atoms with Gasteiger partial charge in [-0.2, -0.15) is 0 Å². The molecule has 4 N–H and O–H groups in total. The number of benzene rings is 1. The van der Waals surface area contributed by atoms with E-state index in [0.29, 0.717) is 6.42 Å². The largest absolute Gasteiger partial charge is 0.396 e. The van der Waals surface area contributed by atoms with E-state index >= 15 is 0 Å². The van der Waals surface area contributed by atoms with Crippen LogP contribution >= 0.6 is 0 Å². The fraction of sp³-hybridized carbons (Fsp3) is 0.200. The van der Waals surface area contributed by atoms with Gasteiger partial charge in [-0.3, -0.25) is 0 Å². The molecule has 0 radical (unpaired) electrons. The first kappa shape index (κ1) is 9.74. The number of anilines is 1. The Hall–Kier alpha value is -1.35. The highest BCUT2D eigenvalue weighted by Gasteiger charge is 2.05. The van der Waals surface area contributed by atoms with Crippen molar-refractivity contribution in [1.29, 1.82) is 0 Å². The standard InChI is InChI=1S/C10H13FN2/c1-2-3-9(12)7-4-5-8(11)10(13)6-7/h2,4-6,9H,1,3,12-13H2/t9-/m0/s1. The summed E-state index contributed by atoms with van der Waals surface area (Å²) in [5.74, 6) is -0.408. The van der Waals surface area contributed by atoms with E-state index in [1.807, 2.05) is 0 Å². The summed E-state index contributed by atoms with van der Waals surface area (Å²) in [6.45, 7) is 3.58. The fourth-order valence-electron chi connectivity index (χ4n) is 1.11. The van der Waals surface area contributed by atoms with Gasteiger partial charge in [0.2, 0.25) is 0 Å². The molecule has 1 aromatic rings. The molecular formula is C10H13FN2. The van der Waals surface area contributed by atoms with Crippen LogP contribution in [0.25, 0.3) is 0 Å². The Morgan fingerprint density at radius 1 is 1.54 bits per heavy atom. The van der Waals surface area contributed by atoms with Crippen molar-refractivity contribution < 1.29 is 4.39 Å². The van der Waals surface area contributed by atoms with Gasteiger partial charge < -0.3 is 11.5 Å². The van der Waals surface area contributed by atoms with Crippen LogP contribution in [0.1, 0.15) is 18.0 Å². The molecule has 0 aliphatic heterocycles. The van der Waals surface area contributed by atoms with Crippen LogP contribution < -0.4 is 11.5 Å². The van der Waals surface area contributed by atoms with Crippen molar-refractivity contribution in [2.45, 2.75) is 12.5 Å². The van der Waals surface area contributed by atoms with Gasteiger partial charge in [-0.1, -0.05) is 12.1 Å². The highest BCUT2D eigenvalue weighted by Crippen LogP contribution is 2.19. The summed E-state index contributed by atoms with van der Waals surface area (Å²) in [5.41, 5.74) is 12.1. The third kappa shape index (κ3) is 2.29. The Morgan fingerprint density at radius 2 is 2.23 bits per heavy atom. The molecular weight excluding hydrogens is 167 g/mol. The maximum Gasteiger partial charge on any atom is 0.146 e. The summed E-state index contributed by atoms with van der Waals surface area (Å²) in [6, 6.07) is 4.37. The van der Waals surface area contributed by atoms with E-state index in [2.05, 4.69) is 6.58 Å². The number of nitrogens with two attached hydrogens (primary N) is 2. The quantitative estimate of drug-likeness (QED) is 0.552. The summed E-state index contributed by atoms with van der Waals surface area (Å²) < 4.78 is 12.8. The Kier molecular flexibility index (Phi) is 3.03. The first-order valence-electron chi connectivity index (χ1n) is 4.06. The van der Waals surface area contributed by atoms with Gasteiger partial charge in [0.25, 0.3) is 0 Å². The molecule has 0 aromatic heterocycles. The lowest BCUT2D eigenvalue weighted by molar-refractivity contribution is 0.629. The lowest BCUT2D eigenvalue weighted by Gasteiger charge is -2.09.